The zero-order valence-electron chi connectivity index (χ0n) is 17.2. The molecule has 0 spiro atoms. The van der Waals surface area contributed by atoms with Crippen LogP contribution in [0.25, 0.3) is 10.9 Å². The first kappa shape index (κ1) is 21.6. The molecule has 0 bridgehead atoms. The summed E-state index contributed by atoms with van der Waals surface area (Å²) in [5.41, 5.74) is 1.59. The van der Waals surface area contributed by atoms with Gasteiger partial charge in [-0.2, -0.15) is 0 Å². The second-order valence-electron chi connectivity index (χ2n) is 6.72. The van der Waals surface area contributed by atoms with E-state index >= 15 is 0 Å². The van der Waals surface area contributed by atoms with Crippen LogP contribution < -0.4 is 13.9 Å². The second kappa shape index (κ2) is 11.1. The Morgan fingerprint density at radius 1 is 0.906 bits per heavy atom. The fraction of sp³-hybridized carbons (Fsp3) is 0.0769. The van der Waals surface area contributed by atoms with E-state index in [0.29, 0.717) is 20.7 Å². The number of carbonyl (C=O) groups excluding carboxylic acids is 1. The molecule has 32 heavy (non-hydrogen) atoms. The van der Waals surface area contributed by atoms with Crippen molar-refractivity contribution in [2.24, 2.45) is 0 Å². The quantitative estimate of drug-likeness (QED) is 0.191. The van der Waals surface area contributed by atoms with Crippen molar-refractivity contribution in [3.05, 3.63) is 109 Å². The molecule has 3 aromatic carbocycles. The summed E-state index contributed by atoms with van der Waals surface area (Å²) in [6, 6.07) is 26.9. The molecule has 0 N–H and O–H groups in total. The zero-order valence-corrected chi connectivity index (χ0v) is 18.9. The van der Waals surface area contributed by atoms with Gasteiger partial charge >= 0.3 is 135 Å². The first-order chi connectivity index (χ1) is 15.8. The van der Waals surface area contributed by atoms with E-state index in [4.69, 9.17) is 14.2 Å². The molecule has 1 aromatic heterocycles. The summed E-state index contributed by atoms with van der Waals surface area (Å²) in [7, 11) is 0. The average molecular weight is 490 g/mol. The first-order valence-corrected chi connectivity index (χ1v) is 12.1. The molecule has 0 fully saturated rings. The van der Waals surface area contributed by atoms with Crippen molar-refractivity contribution >= 4 is 36.5 Å². The van der Waals surface area contributed by atoms with E-state index < -0.39 is 6.16 Å². The summed E-state index contributed by atoms with van der Waals surface area (Å²) in [6.07, 6.45) is 4.58. The normalized spacial score (nSPS) is 10.9. The van der Waals surface area contributed by atoms with Gasteiger partial charge in [0.1, 0.15) is 5.75 Å². The summed E-state index contributed by atoms with van der Waals surface area (Å²) in [6.45, 7) is 0.109. The fourth-order valence-corrected chi connectivity index (χ4v) is 4.42. The minimum atomic E-state index is -0.759. The molecule has 4 rings (SSSR count). The number of benzene rings is 3. The van der Waals surface area contributed by atoms with Crippen LogP contribution in [0, 0.1) is 0 Å². The number of carbonyl (C=O) groups is 1. The summed E-state index contributed by atoms with van der Waals surface area (Å²) in [5.74, 6) is 1.15. The molecule has 0 aliphatic heterocycles. The van der Waals surface area contributed by atoms with Crippen LogP contribution in [0.3, 0.4) is 0 Å². The van der Waals surface area contributed by atoms with E-state index in [1.165, 1.54) is 4.46 Å². The van der Waals surface area contributed by atoms with E-state index in [1.54, 1.807) is 18.5 Å². The van der Waals surface area contributed by atoms with Gasteiger partial charge in [-0.25, -0.2) is 0 Å². The molecule has 0 saturated carbocycles. The predicted molar refractivity (Wildman–Crippen MR) is 125 cm³/mol. The van der Waals surface area contributed by atoms with Crippen LogP contribution in [-0.2, 0) is 11.3 Å². The van der Waals surface area contributed by atoms with Crippen LogP contribution in [0.15, 0.2) is 103 Å². The number of allylic oxidation sites excluding steroid dienone is 1. The number of fused-ring (bicyclic) bond motifs is 1. The SMILES string of the molecule is O=C(OCc1ccc(OC=CC[Se]c2ccccc2)cc1)Oc1ccnc2ccccc12. The summed E-state index contributed by atoms with van der Waals surface area (Å²) < 4.78 is 17.6. The summed E-state index contributed by atoms with van der Waals surface area (Å²) >= 11 is 0.402. The third-order valence-corrected chi connectivity index (χ3v) is 6.50. The Kier molecular flexibility index (Phi) is 7.53. The molecule has 0 unspecified atom stereocenters. The number of nitrogens with zero attached hydrogens (tertiary/aromatic N) is 1. The van der Waals surface area contributed by atoms with E-state index in [9.17, 15) is 4.79 Å². The van der Waals surface area contributed by atoms with Gasteiger partial charge in [0.2, 0.25) is 0 Å². The van der Waals surface area contributed by atoms with E-state index in [-0.39, 0.29) is 6.61 Å². The Hall–Kier alpha value is -3.60. The van der Waals surface area contributed by atoms with E-state index in [0.717, 1.165) is 27.5 Å². The van der Waals surface area contributed by atoms with Crippen LogP contribution in [0.2, 0.25) is 5.32 Å². The molecular formula is C26H21NO4Se. The number of pyridine rings is 1. The number of rotatable bonds is 8. The van der Waals surface area contributed by atoms with Crippen molar-refractivity contribution in [3.8, 4) is 11.5 Å². The molecule has 0 aliphatic carbocycles. The molecule has 1 heterocycles. The molecular weight excluding hydrogens is 469 g/mol. The fourth-order valence-electron chi connectivity index (χ4n) is 2.91. The van der Waals surface area contributed by atoms with Crippen molar-refractivity contribution in [2.75, 3.05) is 0 Å². The summed E-state index contributed by atoms with van der Waals surface area (Å²) in [4.78, 5) is 16.4. The van der Waals surface area contributed by atoms with Gasteiger partial charge < -0.3 is 0 Å². The van der Waals surface area contributed by atoms with Gasteiger partial charge in [-0.15, -0.1) is 0 Å². The molecule has 160 valence electrons. The second-order valence-corrected chi connectivity index (χ2v) is 9.02. The van der Waals surface area contributed by atoms with Gasteiger partial charge in [0.15, 0.2) is 0 Å². The van der Waals surface area contributed by atoms with Crippen LogP contribution in [-0.4, -0.2) is 26.1 Å². The Morgan fingerprint density at radius 2 is 1.69 bits per heavy atom. The molecule has 0 saturated heterocycles. The molecule has 4 aromatic rings. The molecule has 6 heteroatoms. The van der Waals surface area contributed by atoms with Gasteiger partial charge in [-0.1, -0.05) is 12.1 Å². The Labute approximate surface area is 192 Å². The Bertz CT molecular complexity index is 1190. The number of aromatic nitrogens is 1. The standard InChI is InChI=1S/C26H21NO4Se/c28-26(31-25-15-16-27-24-10-5-4-9-23(24)25)30-19-20-11-13-21(14-12-20)29-17-6-18-32-22-7-2-1-3-8-22/h1-17H,18-19H2. The van der Waals surface area contributed by atoms with Gasteiger partial charge in [-0.3, -0.25) is 4.98 Å². The molecule has 0 atom stereocenters. The Morgan fingerprint density at radius 3 is 2.53 bits per heavy atom. The van der Waals surface area contributed by atoms with Crippen molar-refractivity contribution in [3.63, 3.8) is 0 Å². The molecule has 0 aliphatic rings. The first-order valence-electron chi connectivity index (χ1n) is 10.0. The maximum atomic E-state index is 12.1. The molecule has 0 radical (unpaired) electrons. The van der Waals surface area contributed by atoms with Gasteiger partial charge in [0.25, 0.3) is 0 Å². The van der Waals surface area contributed by atoms with Crippen molar-refractivity contribution in [2.45, 2.75) is 11.9 Å². The molecule has 0 amide bonds. The predicted octanol–water partition coefficient (Wildman–Crippen LogP) is 5.29. The smallest absolute Gasteiger partial charge is 0.256 e. The van der Waals surface area contributed by atoms with Crippen LogP contribution in [0.4, 0.5) is 4.79 Å². The topological polar surface area (TPSA) is 57.7 Å². The van der Waals surface area contributed by atoms with Gasteiger partial charge in [0.05, 0.1) is 5.52 Å². The molecule has 5 nitrogen and oxygen atoms in total. The Balaban J connectivity index is 1.22. The van der Waals surface area contributed by atoms with Crippen LogP contribution in [0.5, 0.6) is 11.5 Å². The number of para-hydroxylation sites is 1. The summed E-state index contributed by atoms with van der Waals surface area (Å²) in [5, 5.41) is 1.73. The third-order valence-electron chi connectivity index (χ3n) is 4.47. The number of ether oxygens (including phenoxy) is 3. The minimum Gasteiger partial charge on any atom is -0.256 e. The number of hydrogen-bond acceptors (Lipinski definition) is 5. The minimum absolute atomic E-state index is 0.109. The van der Waals surface area contributed by atoms with Crippen molar-refractivity contribution in [1.82, 2.24) is 4.98 Å². The van der Waals surface area contributed by atoms with Crippen molar-refractivity contribution in [1.29, 1.82) is 0 Å². The van der Waals surface area contributed by atoms with Gasteiger partial charge in [-0.05, 0) is 12.1 Å². The zero-order chi connectivity index (χ0) is 22.0. The van der Waals surface area contributed by atoms with E-state index in [1.807, 2.05) is 60.7 Å². The van der Waals surface area contributed by atoms with Gasteiger partial charge in [0, 0.05) is 17.6 Å². The average Bonchev–Trinajstić information content (AvgIpc) is 2.84. The van der Waals surface area contributed by atoms with Crippen molar-refractivity contribution < 1.29 is 19.0 Å². The monoisotopic (exact) mass is 491 g/mol. The van der Waals surface area contributed by atoms with Crippen LogP contribution in [0.1, 0.15) is 5.56 Å². The number of hydrogen-bond donors (Lipinski definition) is 0. The maximum absolute atomic E-state index is 12.1. The van der Waals surface area contributed by atoms with Crippen LogP contribution >= 0.6 is 0 Å². The van der Waals surface area contributed by atoms with E-state index in [2.05, 4.69) is 29.2 Å². The third kappa shape index (κ3) is 6.20.